The van der Waals surface area contributed by atoms with Gasteiger partial charge in [-0.1, -0.05) is 40.0 Å². The molecule has 0 unspecified atom stereocenters. The van der Waals surface area contributed by atoms with E-state index in [1.54, 1.807) is 6.21 Å². The first-order valence-electron chi connectivity index (χ1n) is 6.70. The molecule has 0 aromatic heterocycles. The van der Waals surface area contributed by atoms with Crippen molar-refractivity contribution in [1.82, 2.24) is 5.43 Å². The summed E-state index contributed by atoms with van der Waals surface area (Å²) < 4.78 is 6.38. The lowest BCUT2D eigenvalue weighted by Gasteiger charge is -2.08. The van der Waals surface area contributed by atoms with E-state index in [4.69, 9.17) is 23.4 Å². The summed E-state index contributed by atoms with van der Waals surface area (Å²) in [5.41, 5.74) is 4.43. The molecule has 2 aromatic carbocycles. The molecular weight excluding hydrogens is 374 g/mol. The summed E-state index contributed by atoms with van der Waals surface area (Å²) in [5, 5.41) is 7.54. The molecular formula is C17H14BrN3OS. The van der Waals surface area contributed by atoms with Gasteiger partial charge in [-0.3, -0.25) is 5.43 Å². The Bertz CT molecular complexity index is 741. The molecule has 0 bridgehead atoms. The van der Waals surface area contributed by atoms with Crippen LogP contribution in [0.15, 0.2) is 58.1 Å². The van der Waals surface area contributed by atoms with Gasteiger partial charge in [0.25, 0.3) is 0 Å². The molecule has 0 radical (unpaired) electrons. The first kappa shape index (κ1) is 17.0. The Kier molecular flexibility index (Phi) is 6.60. The minimum atomic E-state index is 0.198. The van der Waals surface area contributed by atoms with E-state index in [0.717, 1.165) is 15.7 Å². The van der Waals surface area contributed by atoms with Gasteiger partial charge in [0.05, 0.1) is 6.21 Å². The third-order valence-corrected chi connectivity index (χ3v) is 3.37. The number of nitrogens with one attached hydrogen (secondary N) is 2. The van der Waals surface area contributed by atoms with Gasteiger partial charge in [-0.25, -0.2) is 0 Å². The van der Waals surface area contributed by atoms with Gasteiger partial charge in [0, 0.05) is 15.7 Å². The number of para-hydroxylation sites is 1. The van der Waals surface area contributed by atoms with E-state index in [1.165, 1.54) is 0 Å². The van der Waals surface area contributed by atoms with E-state index in [1.807, 2.05) is 48.5 Å². The fraction of sp³-hybridized carbons (Fsp3) is 0.0588. The van der Waals surface area contributed by atoms with E-state index < -0.39 is 0 Å². The molecule has 0 heterocycles. The number of halogens is 1. The van der Waals surface area contributed by atoms with Crippen molar-refractivity contribution in [2.45, 2.75) is 0 Å². The van der Waals surface area contributed by atoms with E-state index in [2.05, 4.69) is 37.7 Å². The molecule has 0 saturated heterocycles. The van der Waals surface area contributed by atoms with Crippen molar-refractivity contribution in [3.05, 3.63) is 58.6 Å². The number of nitrogens with zero attached hydrogens (tertiary/aromatic N) is 1. The van der Waals surface area contributed by atoms with Crippen molar-refractivity contribution >= 4 is 45.2 Å². The van der Waals surface area contributed by atoms with Crippen molar-refractivity contribution < 1.29 is 4.74 Å². The predicted molar refractivity (Wildman–Crippen MR) is 102 cm³/mol. The van der Waals surface area contributed by atoms with Crippen molar-refractivity contribution in [2.75, 3.05) is 11.9 Å². The van der Waals surface area contributed by atoms with E-state index in [-0.39, 0.29) is 6.61 Å². The molecule has 0 saturated carbocycles. The highest BCUT2D eigenvalue weighted by Crippen LogP contribution is 2.21. The highest BCUT2D eigenvalue weighted by atomic mass is 79.9. The van der Waals surface area contributed by atoms with Crippen molar-refractivity contribution in [1.29, 1.82) is 0 Å². The largest absolute Gasteiger partial charge is 0.480 e. The zero-order chi connectivity index (χ0) is 16.5. The first-order chi connectivity index (χ1) is 11.2. The second kappa shape index (κ2) is 8.93. The zero-order valence-electron chi connectivity index (χ0n) is 12.1. The molecule has 23 heavy (non-hydrogen) atoms. The number of terminal acetylenes is 1. The maximum absolute atomic E-state index is 5.47. The molecule has 0 spiro atoms. The number of ether oxygens (including phenoxy) is 1. The minimum absolute atomic E-state index is 0.198. The molecule has 2 rings (SSSR count). The Morgan fingerprint density at radius 2 is 2.09 bits per heavy atom. The summed E-state index contributed by atoms with van der Waals surface area (Å²) in [6.07, 6.45) is 6.83. The number of hydrazone groups is 1. The van der Waals surface area contributed by atoms with E-state index in [0.29, 0.717) is 10.9 Å². The Hall–Kier alpha value is -2.36. The fourth-order valence-electron chi connectivity index (χ4n) is 1.71. The summed E-state index contributed by atoms with van der Waals surface area (Å²) in [6, 6.07) is 15.2. The topological polar surface area (TPSA) is 45.6 Å². The Morgan fingerprint density at radius 1 is 1.30 bits per heavy atom. The lowest BCUT2D eigenvalue weighted by molar-refractivity contribution is 0.370. The van der Waals surface area contributed by atoms with Gasteiger partial charge in [0.15, 0.2) is 5.11 Å². The maximum Gasteiger partial charge on any atom is 0.191 e. The number of thiocarbonyl (C=S) groups is 1. The van der Waals surface area contributed by atoms with Crippen LogP contribution in [0.5, 0.6) is 5.75 Å². The van der Waals surface area contributed by atoms with Crippen molar-refractivity contribution in [2.24, 2.45) is 5.10 Å². The van der Waals surface area contributed by atoms with Crippen LogP contribution in [0.3, 0.4) is 0 Å². The van der Waals surface area contributed by atoms with Crippen LogP contribution in [-0.2, 0) is 0 Å². The second-order valence-corrected chi connectivity index (χ2v) is 5.69. The molecule has 0 fully saturated rings. The number of hydrogen-bond donors (Lipinski definition) is 2. The monoisotopic (exact) mass is 387 g/mol. The molecule has 0 atom stereocenters. The Morgan fingerprint density at radius 3 is 2.83 bits per heavy atom. The van der Waals surface area contributed by atoms with Crippen LogP contribution in [0.1, 0.15) is 5.56 Å². The number of rotatable bonds is 5. The van der Waals surface area contributed by atoms with Crippen LogP contribution in [0, 0.1) is 12.3 Å². The predicted octanol–water partition coefficient (Wildman–Crippen LogP) is 3.78. The molecule has 0 aliphatic rings. The molecule has 4 nitrogen and oxygen atoms in total. The third kappa shape index (κ3) is 5.74. The first-order valence-corrected chi connectivity index (χ1v) is 7.90. The molecule has 116 valence electrons. The van der Waals surface area contributed by atoms with E-state index >= 15 is 0 Å². The van der Waals surface area contributed by atoms with Gasteiger partial charge in [-0.05, 0) is 42.5 Å². The van der Waals surface area contributed by atoms with Gasteiger partial charge < -0.3 is 10.1 Å². The molecule has 6 heteroatoms. The fourth-order valence-corrected chi connectivity index (χ4v) is 2.26. The highest BCUT2D eigenvalue weighted by Gasteiger charge is 2.02. The standard InChI is InChI=1S/C17H14BrN3OS/c1-2-10-22-16-9-8-14(18)11-13(16)12-19-21-17(23)20-15-6-4-3-5-7-15/h1,3-9,11-12H,10H2,(H2,20,21,23). The lowest BCUT2D eigenvalue weighted by Crippen LogP contribution is -2.23. The summed E-state index contributed by atoms with van der Waals surface area (Å²) >= 11 is 8.59. The minimum Gasteiger partial charge on any atom is -0.480 e. The number of hydrogen-bond acceptors (Lipinski definition) is 3. The van der Waals surface area contributed by atoms with Gasteiger partial charge in [-0.15, -0.1) is 6.42 Å². The summed E-state index contributed by atoms with van der Waals surface area (Å²) in [7, 11) is 0. The number of benzene rings is 2. The van der Waals surface area contributed by atoms with E-state index in [9.17, 15) is 0 Å². The molecule has 0 aliphatic carbocycles. The molecule has 2 aromatic rings. The van der Waals surface area contributed by atoms with Crippen LogP contribution >= 0.6 is 28.1 Å². The SMILES string of the molecule is C#CCOc1ccc(Br)cc1C=NNC(=S)Nc1ccccc1. The van der Waals surface area contributed by atoms with Crippen LogP contribution < -0.4 is 15.5 Å². The van der Waals surface area contributed by atoms with Gasteiger partial charge >= 0.3 is 0 Å². The zero-order valence-corrected chi connectivity index (χ0v) is 14.5. The smallest absolute Gasteiger partial charge is 0.191 e. The van der Waals surface area contributed by atoms with Crippen molar-refractivity contribution in [3.63, 3.8) is 0 Å². The molecule has 0 aliphatic heterocycles. The Labute approximate surface area is 149 Å². The van der Waals surface area contributed by atoms with Crippen LogP contribution in [-0.4, -0.2) is 17.9 Å². The van der Waals surface area contributed by atoms with Crippen LogP contribution in [0.25, 0.3) is 0 Å². The maximum atomic E-state index is 5.47. The van der Waals surface area contributed by atoms with Crippen LogP contribution in [0.2, 0.25) is 0 Å². The summed E-state index contributed by atoms with van der Waals surface area (Å²) in [6.45, 7) is 0.198. The van der Waals surface area contributed by atoms with Gasteiger partial charge in [0.1, 0.15) is 12.4 Å². The molecule has 2 N–H and O–H groups in total. The average Bonchev–Trinajstić information content (AvgIpc) is 2.55. The third-order valence-electron chi connectivity index (χ3n) is 2.68. The van der Waals surface area contributed by atoms with Crippen LogP contribution in [0.4, 0.5) is 5.69 Å². The summed E-state index contributed by atoms with van der Waals surface area (Å²) in [4.78, 5) is 0. The average molecular weight is 388 g/mol. The summed E-state index contributed by atoms with van der Waals surface area (Å²) in [5.74, 6) is 3.09. The molecule has 0 amide bonds. The van der Waals surface area contributed by atoms with Crippen molar-refractivity contribution in [3.8, 4) is 18.1 Å². The Balaban J connectivity index is 1.98. The van der Waals surface area contributed by atoms with Gasteiger partial charge in [-0.2, -0.15) is 5.10 Å². The normalized spacial score (nSPS) is 10.1. The quantitative estimate of drug-likeness (QED) is 0.354. The van der Waals surface area contributed by atoms with Gasteiger partial charge in [0.2, 0.25) is 0 Å². The number of anilines is 1. The second-order valence-electron chi connectivity index (χ2n) is 4.37. The highest BCUT2D eigenvalue weighted by molar-refractivity contribution is 9.10. The lowest BCUT2D eigenvalue weighted by atomic mass is 10.2.